The van der Waals surface area contributed by atoms with Gasteiger partial charge < -0.3 is 7.67 Å². The summed E-state index contributed by atoms with van der Waals surface area (Å²) < 4.78 is 7.81. The number of hydrogen-bond donors (Lipinski definition) is 0. The van der Waals surface area contributed by atoms with Gasteiger partial charge in [-0.15, -0.1) is 0 Å². The van der Waals surface area contributed by atoms with Gasteiger partial charge in [0.1, 0.15) is 0 Å². The van der Waals surface area contributed by atoms with E-state index >= 15 is 0 Å². The highest BCUT2D eigenvalue weighted by Crippen LogP contribution is 2.13. The Balaban J connectivity index is 2.42. The Kier molecular flexibility index (Phi) is 2.18. The van der Waals surface area contributed by atoms with Gasteiger partial charge >= 0.3 is 15.8 Å². The van der Waals surface area contributed by atoms with Crippen molar-refractivity contribution in [2.75, 3.05) is 13.2 Å². The lowest BCUT2D eigenvalue weighted by molar-refractivity contribution is 0.275. The van der Waals surface area contributed by atoms with E-state index in [1.165, 1.54) is 0 Å². The predicted octanol–water partition coefficient (Wildman–Crippen LogP) is 0.384. The van der Waals surface area contributed by atoms with E-state index in [0.29, 0.717) is 5.54 Å². The van der Waals surface area contributed by atoms with Gasteiger partial charge in [0.15, 0.2) is 0 Å². The van der Waals surface area contributed by atoms with E-state index in [-0.39, 0.29) is 15.8 Å². The van der Waals surface area contributed by atoms with E-state index in [1.807, 2.05) is 0 Å². The second kappa shape index (κ2) is 2.59. The van der Waals surface area contributed by atoms with Gasteiger partial charge in [0.25, 0.3) is 0 Å². The van der Waals surface area contributed by atoms with Gasteiger partial charge in [0.2, 0.25) is 0 Å². The van der Waals surface area contributed by atoms with E-state index in [1.54, 1.807) is 0 Å². The molecular weight excluding hydrogens is 129 g/mol. The van der Waals surface area contributed by atoms with Crippen molar-refractivity contribution in [3.8, 4) is 0 Å². The molecule has 3 heteroatoms. The molecule has 0 unspecified atom stereocenters. The van der Waals surface area contributed by atoms with Crippen molar-refractivity contribution >= 4 is 15.8 Å². The largest absolute Gasteiger partial charge is 0.555 e. The van der Waals surface area contributed by atoms with Gasteiger partial charge in [0, 0.05) is 13.2 Å². The average molecular weight is 143 g/mol. The highest BCUT2D eigenvalue weighted by Gasteiger charge is 2.26. The third-order valence-electron chi connectivity index (χ3n) is 1.70. The first-order valence-electron chi connectivity index (χ1n) is 3.43. The van der Waals surface area contributed by atoms with Crippen molar-refractivity contribution in [2.45, 2.75) is 26.3 Å². The molecule has 2 nitrogen and oxygen atoms in total. The molecule has 0 aliphatic carbocycles. The Morgan fingerprint density at radius 1 is 1.44 bits per heavy atom. The molecule has 1 heterocycles. The van der Waals surface area contributed by atoms with Crippen LogP contribution < -0.4 is 0 Å². The van der Waals surface area contributed by atoms with Crippen LogP contribution in [0.1, 0.15) is 20.8 Å². The molecule has 0 N–H and O–H groups in total. The summed E-state index contributed by atoms with van der Waals surface area (Å²) in [5.74, 6) is 0. The van der Waals surface area contributed by atoms with Gasteiger partial charge in [-0.3, -0.25) is 0 Å². The van der Waals surface area contributed by atoms with Crippen LogP contribution in [0, 0.1) is 0 Å². The van der Waals surface area contributed by atoms with Gasteiger partial charge in [-0.1, -0.05) is 0 Å². The summed E-state index contributed by atoms with van der Waals surface area (Å²) in [4.78, 5) is 0. The highest BCUT2D eigenvalue weighted by atomic mass is 27.1. The van der Waals surface area contributed by atoms with E-state index in [9.17, 15) is 0 Å². The first-order chi connectivity index (χ1) is 4.11. The fourth-order valence-corrected chi connectivity index (χ4v) is 2.07. The summed E-state index contributed by atoms with van der Waals surface area (Å²) in [6, 6.07) is 0. The Morgan fingerprint density at radius 3 is 2.33 bits per heavy atom. The number of nitrogens with zero attached hydrogens (tertiary/aromatic N) is 1. The molecule has 1 aliphatic heterocycles. The van der Waals surface area contributed by atoms with Gasteiger partial charge in [-0.05, 0) is 26.3 Å². The van der Waals surface area contributed by atoms with Crippen molar-refractivity contribution in [2.24, 2.45) is 0 Å². The highest BCUT2D eigenvalue weighted by molar-refractivity contribution is 6.24. The molecule has 0 aromatic heterocycles. The maximum absolute atomic E-state index is 5.35. The molecule has 0 aromatic carbocycles. The Labute approximate surface area is 63.4 Å². The van der Waals surface area contributed by atoms with Gasteiger partial charge in [-0.2, -0.15) is 0 Å². The summed E-state index contributed by atoms with van der Waals surface area (Å²) in [6.45, 7) is 8.84. The van der Waals surface area contributed by atoms with Crippen LogP contribution in [0.15, 0.2) is 0 Å². The molecule has 0 aromatic rings. The maximum Gasteiger partial charge on any atom is 0.555 e. The van der Waals surface area contributed by atoms with Crippen LogP contribution in [0.2, 0.25) is 0 Å². The summed E-state index contributed by atoms with van der Waals surface area (Å²) in [6.07, 6.45) is 0. The normalized spacial score (nSPS) is 22.1. The standard InChI is InChI=1S/C6H13NO.Al.H/c1-6(2,3)7-4-5-8;;/h4-5H2,1-3H3;;/q-2;+2;. The van der Waals surface area contributed by atoms with Crippen molar-refractivity contribution in [1.82, 2.24) is 3.88 Å². The second-order valence-electron chi connectivity index (χ2n) is 3.47. The molecule has 1 aliphatic rings. The fourth-order valence-electron chi connectivity index (χ4n) is 0.943. The quantitative estimate of drug-likeness (QED) is 0.455. The summed E-state index contributed by atoms with van der Waals surface area (Å²) in [7, 11) is 0. The predicted molar refractivity (Wildman–Crippen MR) is 39.6 cm³/mol. The smallest absolute Gasteiger partial charge is 0.490 e. The van der Waals surface area contributed by atoms with E-state index in [2.05, 4.69) is 24.7 Å². The average Bonchev–Trinajstić information content (AvgIpc) is 2.08. The monoisotopic (exact) mass is 143 g/mol. The second-order valence-corrected chi connectivity index (χ2v) is 4.90. The minimum absolute atomic E-state index is 0.314. The fraction of sp³-hybridized carbons (Fsp3) is 1.00. The van der Waals surface area contributed by atoms with Crippen LogP contribution in [0.4, 0.5) is 0 Å². The van der Waals surface area contributed by atoms with E-state index < -0.39 is 0 Å². The number of hydrogen-bond acceptors (Lipinski definition) is 2. The number of rotatable bonds is 0. The molecular formula is C6H14AlNO. The first kappa shape index (κ1) is 7.56. The third-order valence-corrected chi connectivity index (χ3v) is 3.75. The van der Waals surface area contributed by atoms with E-state index in [4.69, 9.17) is 3.79 Å². The topological polar surface area (TPSA) is 12.5 Å². The summed E-state index contributed by atoms with van der Waals surface area (Å²) in [5.41, 5.74) is 0.350. The maximum atomic E-state index is 5.35. The Morgan fingerprint density at radius 2 is 2.11 bits per heavy atom. The van der Waals surface area contributed by atoms with Crippen LogP contribution in [0.25, 0.3) is 0 Å². The lowest BCUT2D eigenvalue weighted by atomic mass is 10.1. The molecule has 0 amide bonds. The molecule has 1 fully saturated rings. The molecule has 0 saturated carbocycles. The molecule has 0 spiro atoms. The van der Waals surface area contributed by atoms with Gasteiger partial charge in [-0.25, -0.2) is 0 Å². The van der Waals surface area contributed by atoms with Crippen molar-refractivity contribution in [3.05, 3.63) is 0 Å². The summed E-state index contributed by atoms with van der Waals surface area (Å²) in [5, 5.41) is 0. The lowest BCUT2D eigenvalue weighted by Gasteiger charge is -2.30. The van der Waals surface area contributed by atoms with Gasteiger partial charge in [0.05, 0.1) is 0 Å². The zero-order valence-electron chi connectivity index (χ0n) is 6.48. The molecule has 1 saturated heterocycles. The molecule has 9 heavy (non-hydrogen) atoms. The van der Waals surface area contributed by atoms with Crippen LogP contribution in [-0.4, -0.2) is 38.3 Å². The molecule has 0 bridgehead atoms. The van der Waals surface area contributed by atoms with Crippen LogP contribution in [-0.2, 0) is 3.79 Å². The molecule has 1 rings (SSSR count). The zero-order chi connectivity index (χ0) is 6.91. The van der Waals surface area contributed by atoms with Crippen LogP contribution in [0.3, 0.4) is 0 Å². The Bertz CT molecular complexity index is 93.7. The van der Waals surface area contributed by atoms with Crippen molar-refractivity contribution < 1.29 is 3.79 Å². The van der Waals surface area contributed by atoms with E-state index in [0.717, 1.165) is 13.2 Å². The first-order valence-corrected chi connectivity index (χ1v) is 4.64. The van der Waals surface area contributed by atoms with Crippen LogP contribution >= 0.6 is 0 Å². The minimum atomic E-state index is -0.314. The Hall–Kier alpha value is 0.452. The lowest BCUT2D eigenvalue weighted by Crippen LogP contribution is -2.40. The summed E-state index contributed by atoms with van der Waals surface area (Å²) >= 11 is -0.314. The SMILES string of the molecule is CC(C)(C)[N]1CC[O][AlH]1. The minimum Gasteiger partial charge on any atom is -0.490 e. The molecule has 0 radical (unpaired) electrons. The third kappa shape index (κ3) is 1.94. The molecule has 0 atom stereocenters. The van der Waals surface area contributed by atoms with Crippen LogP contribution in [0.5, 0.6) is 0 Å². The van der Waals surface area contributed by atoms with Crippen molar-refractivity contribution in [1.29, 1.82) is 0 Å². The zero-order valence-corrected chi connectivity index (χ0v) is 7.89. The molecule has 52 valence electrons. The van der Waals surface area contributed by atoms with Crippen molar-refractivity contribution in [3.63, 3.8) is 0 Å².